The van der Waals surface area contributed by atoms with E-state index in [4.69, 9.17) is 10.8 Å². The zero-order chi connectivity index (χ0) is 8.85. The highest BCUT2D eigenvalue weighted by Crippen LogP contribution is 1.82. The molecule has 11 heavy (non-hydrogen) atoms. The molecule has 0 aromatic heterocycles. The van der Waals surface area contributed by atoms with Crippen LogP contribution in [0.5, 0.6) is 0 Å². The topological polar surface area (TPSA) is 103 Å². The monoisotopic (exact) mass is 156 g/mol. The van der Waals surface area contributed by atoms with Gasteiger partial charge in [0.1, 0.15) is 0 Å². The fourth-order valence-corrected chi connectivity index (χ4v) is 0.302. The highest BCUT2D eigenvalue weighted by molar-refractivity contribution is 5.84. The largest absolute Gasteiger partial charge is 0.543 e. The number of carboxylic acid groups (broad SMARTS) is 2. The second kappa shape index (κ2) is 4.10. The molecule has 0 aromatic carbocycles. The molecular weight excluding hydrogens is 150 g/mol. The molecule has 0 saturated heterocycles. The number of hydrogen-bond donors (Lipinski definition) is 2. The Hall–Kier alpha value is -1.78. The van der Waals surface area contributed by atoms with Crippen LogP contribution in [0.3, 0.4) is 0 Å². The number of rotatable bonds is 3. The molecule has 0 spiro atoms. The number of carboxylic acids is 2. The molecule has 5 heteroatoms. The van der Waals surface area contributed by atoms with E-state index < -0.39 is 17.6 Å². The average Bonchev–Trinajstić information content (AvgIpc) is 1.86. The van der Waals surface area contributed by atoms with Gasteiger partial charge in [-0.05, 0) is 6.08 Å². The van der Waals surface area contributed by atoms with Gasteiger partial charge < -0.3 is 20.7 Å². The standard InChI is InChI=1S/C6H7NO4/c7-4(6(10)11)2-1-3-5(8)9/h1-3H,7H2,(H,8,9)(H,10,11)/p-1/b3-1+,4-2-. The molecule has 0 unspecified atom stereocenters. The predicted octanol–water partition coefficient (Wildman–Crippen LogP) is -1.78. The summed E-state index contributed by atoms with van der Waals surface area (Å²) in [5.74, 6) is -2.70. The summed E-state index contributed by atoms with van der Waals surface area (Å²) in [5.41, 5.74) is 4.35. The van der Waals surface area contributed by atoms with Crippen molar-refractivity contribution >= 4 is 11.9 Å². The van der Waals surface area contributed by atoms with Gasteiger partial charge in [-0.1, -0.05) is 6.08 Å². The van der Waals surface area contributed by atoms with E-state index in [0.29, 0.717) is 0 Å². The molecule has 0 heterocycles. The van der Waals surface area contributed by atoms with E-state index in [9.17, 15) is 14.7 Å². The quantitative estimate of drug-likeness (QED) is 0.371. The van der Waals surface area contributed by atoms with E-state index in [1.165, 1.54) is 0 Å². The summed E-state index contributed by atoms with van der Waals surface area (Å²) in [5, 5.41) is 17.9. The van der Waals surface area contributed by atoms with E-state index in [1.54, 1.807) is 0 Å². The first-order valence-corrected chi connectivity index (χ1v) is 2.62. The molecule has 3 N–H and O–H groups in total. The molecule has 0 aliphatic carbocycles. The first kappa shape index (κ1) is 9.22. The zero-order valence-corrected chi connectivity index (χ0v) is 5.48. The van der Waals surface area contributed by atoms with Gasteiger partial charge in [-0.2, -0.15) is 0 Å². The summed E-state index contributed by atoms with van der Waals surface area (Å²) in [4.78, 5) is 19.7. The Morgan fingerprint density at radius 2 is 2.00 bits per heavy atom. The van der Waals surface area contributed by atoms with Crippen LogP contribution in [0.2, 0.25) is 0 Å². The Bertz CT molecular complexity index is 229. The molecule has 0 aromatic rings. The summed E-state index contributed by atoms with van der Waals surface area (Å²) in [6.45, 7) is 0. The lowest BCUT2D eigenvalue weighted by molar-refractivity contribution is -0.299. The predicted molar refractivity (Wildman–Crippen MR) is 34.1 cm³/mol. The summed E-state index contributed by atoms with van der Waals surface area (Å²) in [7, 11) is 0. The molecule has 0 fully saturated rings. The maximum atomic E-state index is 9.89. The van der Waals surface area contributed by atoms with Gasteiger partial charge in [-0.3, -0.25) is 0 Å². The minimum Gasteiger partial charge on any atom is -0.543 e. The number of nitrogens with two attached hydrogens (primary N) is 1. The van der Waals surface area contributed by atoms with Gasteiger partial charge in [0.15, 0.2) is 0 Å². The lowest BCUT2D eigenvalue weighted by atomic mass is 10.4. The summed E-state index contributed by atoms with van der Waals surface area (Å²) in [6, 6.07) is 0. The van der Waals surface area contributed by atoms with Crippen molar-refractivity contribution in [1.29, 1.82) is 0 Å². The van der Waals surface area contributed by atoms with Crippen molar-refractivity contribution in [3.8, 4) is 0 Å². The van der Waals surface area contributed by atoms with E-state index in [2.05, 4.69) is 0 Å². The fourth-order valence-electron chi connectivity index (χ4n) is 0.302. The third kappa shape index (κ3) is 4.71. The minimum atomic E-state index is -1.53. The van der Waals surface area contributed by atoms with Crippen LogP contribution in [0.25, 0.3) is 0 Å². The first-order valence-electron chi connectivity index (χ1n) is 2.62. The van der Waals surface area contributed by atoms with Crippen molar-refractivity contribution in [2.24, 2.45) is 5.73 Å². The number of hydrogen-bond acceptors (Lipinski definition) is 4. The van der Waals surface area contributed by atoms with Crippen LogP contribution in [0.4, 0.5) is 0 Å². The van der Waals surface area contributed by atoms with Crippen LogP contribution in [0, 0.1) is 0 Å². The van der Waals surface area contributed by atoms with Crippen LogP contribution in [-0.2, 0) is 9.59 Å². The Kier molecular flexibility index (Phi) is 3.44. The maximum Gasteiger partial charge on any atom is 0.328 e. The first-order chi connectivity index (χ1) is 5.04. The van der Waals surface area contributed by atoms with Crippen molar-refractivity contribution in [2.45, 2.75) is 0 Å². The van der Waals surface area contributed by atoms with E-state index in [-0.39, 0.29) is 0 Å². The van der Waals surface area contributed by atoms with Crippen LogP contribution in [0.1, 0.15) is 0 Å². The lowest BCUT2D eigenvalue weighted by Crippen LogP contribution is -2.28. The van der Waals surface area contributed by atoms with Crippen LogP contribution in [0.15, 0.2) is 23.9 Å². The third-order valence-corrected chi connectivity index (χ3v) is 0.750. The Morgan fingerprint density at radius 3 is 2.36 bits per heavy atom. The second-order valence-electron chi connectivity index (χ2n) is 1.61. The molecular formula is C6H6NO4-. The maximum absolute atomic E-state index is 9.89. The number of carbonyl (C=O) groups is 2. The Labute approximate surface area is 62.4 Å². The summed E-state index contributed by atoms with van der Waals surface area (Å²) >= 11 is 0. The van der Waals surface area contributed by atoms with Gasteiger partial charge in [-0.25, -0.2) is 4.79 Å². The van der Waals surface area contributed by atoms with E-state index in [1.807, 2.05) is 0 Å². The van der Waals surface area contributed by atoms with Gasteiger partial charge in [0.05, 0.1) is 11.7 Å². The molecule has 0 amide bonds. The number of carbonyl (C=O) groups excluding carboxylic acids is 1. The highest BCUT2D eigenvalue weighted by atomic mass is 16.4. The Morgan fingerprint density at radius 1 is 1.45 bits per heavy atom. The van der Waals surface area contributed by atoms with E-state index in [0.717, 1.165) is 18.2 Å². The van der Waals surface area contributed by atoms with Crippen LogP contribution >= 0.6 is 0 Å². The van der Waals surface area contributed by atoms with Crippen molar-refractivity contribution < 1.29 is 19.8 Å². The molecule has 0 saturated carbocycles. The fraction of sp³-hybridized carbons (Fsp3) is 0. The molecule has 0 atom stereocenters. The normalized spacial score (nSPS) is 11.8. The molecule has 0 radical (unpaired) electrons. The molecule has 60 valence electrons. The lowest BCUT2D eigenvalue weighted by Gasteiger charge is -1.97. The average molecular weight is 156 g/mol. The van der Waals surface area contributed by atoms with Crippen molar-refractivity contribution in [3.63, 3.8) is 0 Å². The molecule has 0 aliphatic rings. The second-order valence-corrected chi connectivity index (χ2v) is 1.61. The van der Waals surface area contributed by atoms with Crippen molar-refractivity contribution in [3.05, 3.63) is 23.9 Å². The van der Waals surface area contributed by atoms with Gasteiger partial charge in [-0.15, -0.1) is 0 Å². The molecule has 0 bridgehead atoms. The van der Waals surface area contributed by atoms with Crippen LogP contribution in [-0.4, -0.2) is 17.0 Å². The number of allylic oxidation sites excluding steroid dienone is 2. The van der Waals surface area contributed by atoms with E-state index >= 15 is 0 Å². The molecule has 0 aliphatic heterocycles. The van der Waals surface area contributed by atoms with Gasteiger partial charge in [0.2, 0.25) is 0 Å². The van der Waals surface area contributed by atoms with Gasteiger partial charge in [0, 0.05) is 6.08 Å². The van der Waals surface area contributed by atoms with Crippen LogP contribution < -0.4 is 10.8 Å². The summed E-state index contributed by atoms with van der Waals surface area (Å²) < 4.78 is 0. The third-order valence-electron chi connectivity index (χ3n) is 0.750. The minimum absolute atomic E-state index is 0.512. The molecule has 0 rings (SSSR count). The Balaban J connectivity index is 4.13. The van der Waals surface area contributed by atoms with Gasteiger partial charge in [0.25, 0.3) is 0 Å². The zero-order valence-electron chi connectivity index (χ0n) is 5.48. The molecule has 5 nitrogen and oxygen atoms in total. The van der Waals surface area contributed by atoms with Gasteiger partial charge >= 0.3 is 5.97 Å². The SMILES string of the molecule is N/C(=C\C=C\C(=O)O)C(=O)[O-]. The smallest absolute Gasteiger partial charge is 0.328 e. The highest BCUT2D eigenvalue weighted by Gasteiger charge is 1.86. The number of aliphatic carboxylic acids is 2. The van der Waals surface area contributed by atoms with Crippen molar-refractivity contribution in [1.82, 2.24) is 0 Å². The van der Waals surface area contributed by atoms with Crippen molar-refractivity contribution in [2.75, 3.05) is 0 Å². The summed E-state index contributed by atoms with van der Waals surface area (Å²) in [6.07, 6.45) is 2.70.